The van der Waals surface area contributed by atoms with E-state index in [1.807, 2.05) is 73.1 Å². The van der Waals surface area contributed by atoms with Crippen LogP contribution in [0.1, 0.15) is 22.3 Å². The zero-order valence-corrected chi connectivity index (χ0v) is 20.9. The van der Waals surface area contributed by atoms with E-state index < -0.39 is 12.5 Å². The van der Waals surface area contributed by atoms with Crippen molar-refractivity contribution in [3.05, 3.63) is 118 Å². The Kier molecular flexibility index (Phi) is 8.42. The molecule has 4 N–H and O–H groups in total. The lowest BCUT2D eigenvalue weighted by Crippen LogP contribution is -2.27. The predicted octanol–water partition coefficient (Wildman–Crippen LogP) is 3.70. The van der Waals surface area contributed by atoms with Crippen LogP contribution in [0.2, 0.25) is 0 Å². The summed E-state index contributed by atoms with van der Waals surface area (Å²) in [6.07, 6.45) is 0.410. The number of amides is 1. The third kappa shape index (κ3) is 6.03. The lowest BCUT2D eigenvalue weighted by atomic mass is 9.97. The Morgan fingerprint density at radius 2 is 1.58 bits per heavy atom. The molecule has 4 aromatic rings. The Hall–Kier alpha value is -4.60. The SMILES string of the molecule is C=C(COc1cc(OCC(=O)NO)c2c(C)c(Cc3ccccc3)c(=O)n(Cc3ccccc3)c2c1)NO. The Morgan fingerprint density at radius 3 is 2.21 bits per heavy atom. The zero-order chi connectivity index (χ0) is 27.1. The number of rotatable bonds is 11. The lowest BCUT2D eigenvalue weighted by Gasteiger charge is -2.20. The molecule has 0 spiro atoms. The topological polar surface area (TPSA) is 122 Å². The van der Waals surface area contributed by atoms with Gasteiger partial charge >= 0.3 is 0 Å². The van der Waals surface area contributed by atoms with Crippen LogP contribution in [0, 0.1) is 6.92 Å². The number of aromatic nitrogens is 1. The zero-order valence-electron chi connectivity index (χ0n) is 20.9. The Bertz CT molecular complexity index is 1500. The van der Waals surface area contributed by atoms with Gasteiger partial charge in [0.1, 0.15) is 18.1 Å². The number of hydrogen-bond acceptors (Lipinski definition) is 7. The molecule has 0 aliphatic carbocycles. The highest BCUT2D eigenvalue weighted by molar-refractivity contribution is 5.91. The van der Waals surface area contributed by atoms with E-state index in [9.17, 15) is 9.59 Å². The van der Waals surface area contributed by atoms with E-state index in [0.717, 1.165) is 11.1 Å². The van der Waals surface area contributed by atoms with Crippen LogP contribution in [-0.4, -0.2) is 34.1 Å². The summed E-state index contributed by atoms with van der Waals surface area (Å²) >= 11 is 0. The minimum Gasteiger partial charge on any atom is -0.487 e. The number of carbonyl (C=O) groups excluding carboxylic acids is 1. The first-order valence-electron chi connectivity index (χ1n) is 12.0. The van der Waals surface area contributed by atoms with Crippen molar-refractivity contribution in [3.63, 3.8) is 0 Å². The van der Waals surface area contributed by atoms with Gasteiger partial charge in [0, 0.05) is 29.5 Å². The summed E-state index contributed by atoms with van der Waals surface area (Å²) in [6, 6.07) is 22.6. The van der Waals surface area contributed by atoms with Gasteiger partial charge in [0.05, 0.1) is 17.8 Å². The number of nitrogens with zero attached hydrogens (tertiary/aromatic N) is 1. The van der Waals surface area contributed by atoms with Crippen molar-refractivity contribution in [1.82, 2.24) is 15.5 Å². The second kappa shape index (κ2) is 12.1. The molecule has 0 saturated carbocycles. The Balaban J connectivity index is 1.95. The van der Waals surface area contributed by atoms with E-state index in [0.29, 0.717) is 46.5 Å². The molecule has 1 amide bonds. The highest BCUT2D eigenvalue weighted by Gasteiger charge is 2.20. The van der Waals surface area contributed by atoms with Crippen LogP contribution in [-0.2, 0) is 17.8 Å². The predicted molar refractivity (Wildman–Crippen MR) is 143 cm³/mol. The van der Waals surface area contributed by atoms with Crippen molar-refractivity contribution in [1.29, 1.82) is 0 Å². The average molecular weight is 516 g/mol. The molecule has 0 aliphatic rings. The Morgan fingerprint density at radius 1 is 0.921 bits per heavy atom. The molecule has 4 rings (SSSR count). The number of hydroxylamine groups is 2. The fourth-order valence-corrected chi connectivity index (χ4v) is 4.26. The average Bonchev–Trinajstić information content (AvgIpc) is 2.95. The number of fused-ring (bicyclic) bond motifs is 1. The van der Waals surface area contributed by atoms with E-state index in [1.54, 1.807) is 22.2 Å². The molecule has 1 aromatic heterocycles. The van der Waals surface area contributed by atoms with Crippen LogP contribution in [0.4, 0.5) is 0 Å². The summed E-state index contributed by atoms with van der Waals surface area (Å²) in [6.45, 7) is 5.29. The van der Waals surface area contributed by atoms with Gasteiger partial charge in [-0.3, -0.25) is 25.5 Å². The maximum absolute atomic E-state index is 14.0. The van der Waals surface area contributed by atoms with E-state index in [4.69, 9.17) is 19.9 Å². The van der Waals surface area contributed by atoms with E-state index in [-0.39, 0.29) is 17.9 Å². The molecular formula is C29H29N3O6. The fourth-order valence-electron chi connectivity index (χ4n) is 4.26. The molecule has 0 radical (unpaired) electrons. The third-order valence-corrected chi connectivity index (χ3v) is 6.14. The van der Waals surface area contributed by atoms with Crippen LogP contribution in [0.25, 0.3) is 10.9 Å². The minimum atomic E-state index is -0.734. The van der Waals surface area contributed by atoms with Gasteiger partial charge in [0.15, 0.2) is 6.61 Å². The second-order valence-electron chi connectivity index (χ2n) is 8.79. The third-order valence-electron chi connectivity index (χ3n) is 6.14. The summed E-state index contributed by atoms with van der Waals surface area (Å²) < 4.78 is 13.3. The molecule has 3 aromatic carbocycles. The molecule has 0 aliphatic heterocycles. The number of pyridine rings is 1. The van der Waals surface area contributed by atoms with Crippen molar-refractivity contribution in [2.45, 2.75) is 19.9 Å². The van der Waals surface area contributed by atoms with Gasteiger partial charge in [0.2, 0.25) is 0 Å². The fraction of sp³-hybridized carbons (Fsp3) is 0.172. The molecule has 1 heterocycles. The summed E-state index contributed by atoms with van der Waals surface area (Å²) in [5.41, 5.74) is 7.34. The number of benzene rings is 3. The van der Waals surface area contributed by atoms with Crippen LogP contribution in [0.5, 0.6) is 11.5 Å². The van der Waals surface area contributed by atoms with Crippen molar-refractivity contribution >= 4 is 16.8 Å². The molecule has 0 bridgehead atoms. The molecular weight excluding hydrogens is 486 g/mol. The molecule has 0 unspecified atom stereocenters. The van der Waals surface area contributed by atoms with Gasteiger partial charge in [-0.05, 0) is 23.6 Å². The van der Waals surface area contributed by atoms with Gasteiger partial charge < -0.3 is 14.0 Å². The normalized spacial score (nSPS) is 10.7. The Labute approximate surface area is 219 Å². The molecule has 0 fully saturated rings. The second-order valence-corrected chi connectivity index (χ2v) is 8.79. The number of nitrogens with one attached hydrogen (secondary N) is 2. The van der Waals surface area contributed by atoms with Crippen LogP contribution in [0.15, 0.2) is 89.9 Å². The lowest BCUT2D eigenvalue weighted by molar-refractivity contribution is -0.131. The van der Waals surface area contributed by atoms with Crippen molar-refractivity contribution < 1.29 is 24.7 Å². The van der Waals surface area contributed by atoms with Gasteiger partial charge in [-0.15, -0.1) is 0 Å². The van der Waals surface area contributed by atoms with E-state index in [1.165, 1.54) is 0 Å². The number of ether oxygens (including phenoxy) is 2. The smallest absolute Gasteiger partial charge is 0.281 e. The van der Waals surface area contributed by atoms with Crippen LogP contribution < -0.4 is 26.0 Å². The maximum atomic E-state index is 14.0. The summed E-state index contributed by atoms with van der Waals surface area (Å²) in [5.74, 6) is -0.0934. The highest BCUT2D eigenvalue weighted by Crippen LogP contribution is 2.35. The first kappa shape index (κ1) is 26.5. The summed E-state index contributed by atoms with van der Waals surface area (Å²) in [7, 11) is 0. The molecule has 196 valence electrons. The molecule has 9 heteroatoms. The van der Waals surface area contributed by atoms with Crippen molar-refractivity contribution in [3.8, 4) is 11.5 Å². The van der Waals surface area contributed by atoms with E-state index in [2.05, 4.69) is 6.58 Å². The molecule has 0 saturated heterocycles. The summed E-state index contributed by atoms with van der Waals surface area (Å²) in [4.78, 5) is 25.8. The van der Waals surface area contributed by atoms with Gasteiger partial charge in [-0.2, -0.15) is 0 Å². The molecule has 9 nitrogen and oxygen atoms in total. The highest BCUT2D eigenvalue weighted by atomic mass is 16.5. The first-order chi connectivity index (χ1) is 18.4. The first-order valence-corrected chi connectivity index (χ1v) is 12.0. The van der Waals surface area contributed by atoms with Gasteiger partial charge in [-0.25, -0.2) is 5.48 Å². The standard InChI is InChI=1S/C29H29N3O6/c1-19(30-35)17-37-23-14-25-28(26(15-23)38-18-27(33)31-36)20(2)24(13-21-9-5-3-6-10-21)29(34)32(25)16-22-11-7-4-8-12-22/h3-12,14-15,30,35-36H,1,13,16-18H2,2H3,(H,31,33). The van der Waals surface area contributed by atoms with E-state index >= 15 is 0 Å². The number of carbonyl (C=O) groups is 1. The largest absolute Gasteiger partial charge is 0.487 e. The van der Waals surface area contributed by atoms with Crippen LogP contribution in [0.3, 0.4) is 0 Å². The van der Waals surface area contributed by atoms with Crippen LogP contribution >= 0.6 is 0 Å². The van der Waals surface area contributed by atoms with Crippen molar-refractivity contribution in [2.24, 2.45) is 0 Å². The summed E-state index contributed by atoms with van der Waals surface area (Å²) in [5, 5.41) is 18.7. The van der Waals surface area contributed by atoms with Gasteiger partial charge in [-0.1, -0.05) is 67.2 Å². The van der Waals surface area contributed by atoms with Crippen molar-refractivity contribution in [2.75, 3.05) is 13.2 Å². The number of aryl methyl sites for hydroxylation is 1. The monoisotopic (exact) mass is 515 g/mol. The molecule has 38 heavy (non-hydrogen) atoms. The quantitative estimate of drug-likeness (QED) is 0.177. The molecule has 0 atom stereocenters. The minimum absolute atomic E-state index is 0.0490. The number of hydrogen-bond donors (Lipinski definition) is 4. The maximum Gasteiger partial charge on any atom is 0.281 e. The van der Waals surface area contributed by atoms with Gasteiger partial charge in [0.25, 0.3) is 11.5 Å².